The summed E-state index contributed by atoms with van der Waals surface area (Å²) in [6.07, 6.45) is 18.0. The van der Waals surface area contributed by atoms with Gasteiger partial charge in [0.15, 0.2) is 0 Å². The number of carbonyl (C=O) groups excluding carboxylic acids is 1. The molecule has 1 aromatic heterocycles. The van der Waals surface area contributed by atoms with Gasteiger partial charge < -0.3 is 9.73 Å². The van der Waals surface area contributed by atoms with E-state index in [4.69, 9.17) is 4.42 Å². The Kier molecular flexibility index (Phi) is 6.46. The molecule has 30 heavy (non-hydrogen) atoms. The molecule has 0 unspecified atom stereocenters. The van der Waals surface area contributed by atoms with Gasteiger partial charge in [-0.3, -0.25) is 4.79 Å². The molecule has 4 atom stereocenters. The van der Waals surface area contributed by atoms with Crippen LogP contribution in [0.2, 0.25) is 0 Å². The number of hydrogen-bond acceptors (Lipinski definition) is 2. The van der Waals surface area contributed by atoms with E-state index in [2.05, 4.69) is 31.8 Å². The molecule has 3 fully saturated rings. The zero-order valence-electron chi connectivity index (χ0n) is 19.2. The highest BCUT2D eigenvalue weighted by atomic mass is 16.3. The second kappa shape index (κ2) is 8.93. The molecule has 0 saturated heterocycles. The van der Waals surface area contributed by atoms with Crippen molar-refractivity contribution < 1.29 is 9.21 Å². The van der Waals surface area contributed by atoms with Crippen molar-refractivity contribution in [1.82, 2.24) is 5.32 Å². The van der Waals surface area contributed by atoms with Crippen molar-refractivity contribution in [3.05, 3.63) is 36.3 Å². The fraction of sp³-hybridized carbons (Fsp3) is 0.741. The summed E-state index contributed by atoms with van der Waals surface area (Å²) < 4.78 is 5.28. The van der Waals surface area contributed by atoms with E-state index in [1.54, 1.807) is 6.26 Å². The minimum absolute atomic E-state index is 0.175. The van der Waals surface area contributed by atoms with Gasteiger partial charge in [-0.25, -0.2) is 0 Å². The molecule has 3 nitrogen and oxygen atoms in total. The number of fused-ring (bicyclic) bond motifs is 1. The predicted molar refractivity (Wildman–Crippen MR) is 122 cm³/mol. The summed E-state index contributed by atoms with van der Waals surface area (Å²) in [5, 5.41) is 3.42. The Bertz CT molecular complexity index is 732. The minimum Gasteiger partial charge on any atom is -0.472 e. The molecule has 0 aliphatic heterocycles. The first kappa shape index (κ1) is 21.7. The predicted octanol–water partition coefficient (Wildman–Crippen LogP) is 6.69. The van der Waals surface area contributed by atoms with Crippen LogP contribution in [0.3, 0.4) is 0 Å². The molecule has 1 heterocycles. The van der Waals surface area contributed by atoms with Crippen LogP contribution in [0.5, 0.6) is 0 Å². The van der Waals surface area contributed by atoms with Crippen LogP contribution in [0.4, 0.5) is 0 Å². The maximum Gasteiger partial charge on any atom is 0.226 e. The molecule has 3 saturated carbocycles. The highest BCUT2D eigenvalue weighted by Gasteiger charge is 2.57. The number of furan rings is 1. The molecule has 4 rings (SSSR count). The smallest absolute Gasteiger partial charge is 0.226 e. The Morgan fingerprint density at radius 2 is 1.97 bits per heavy atom. The average molecular weight is 412 g/mol. The summed E-state index contributed by atoms with van der Waals surface area (Å²) in [6, 6.07) is 2.08. The van der Waals surface area contributed by atoms with Crippen LogP contribution in [0.25, 0.3) is 0 Å². The van der Waals surface area contributed by atoms with E-state index in [0.29, 0.717) is 23.7 Å². The Morgan fingerprint density at radius 3 is 2.70 bits per heavy atom. The summed E-state index contributed by atoms with van der Waals surface area (Å²) in [6.45, 7) is 10.1. The maximum absolute atomic E-state index is 13.5. The van der Waals surface area contributed by atoms with Crippen molar-refractivity contribution in [2.24, 2.45) is 28.6 Å². The van der Waals surface area contributed by atoms with Crippen LogP contribution < -0.4 is 5.32 Å². The van der Waals surface area contributed by atoms with E-state index >= 15 is 0 Å². The molecule has 0 spiro atoms. The molecule has 3 heteroatoms. The van der Waals surface area contributed by atoms with Gasteiger partial charge in [-0.1, -0.05) is 51.7 Å². The second-order valence-corrected chi connectivity index (χ2v) is 11.0. The Hall–Kier alpha value is -1.51. The summed E-state index contributed by atoms with van der Waals surface area (Å²) in [5.41, 5.74) is 2.62. The maximum atomic E-state index is 13.5. The van der Waals surface area contributed by atoms with Crippen molar-refractivity contribution in [1.29, 1.82) is 0 Å². The summed E-state index contributed by atoms with van der Waals surface area (Å²) in [4.78, 5) is 13.5. The molecule has 0 aromatic carbocycles. The van der Waals surface area contributed by atoms with E-state index in [0.717, 1.165) is 45.1 Å². The van der Waals surface area contributed by atoms with Crippen LogP contribution >= 0.6 is 0 Å². The number of rotatable bonds is 6. The largest absolute Gasteiger partial charge is 0.472 e. The zero-order chi connectivity index (χ0) is 21.2. The van der Waals surface area contributed by atoms with Crippen LogP contribution in [0, 0.1) is 28.6 Å². The highest BCUT2D eigenvalue weighted by molar-refractivity contribution is 5.83. The van der Waals surface area contributed by atoms with E-state index in [1.165, 1.54) is 49.7 Å². The quantitative estimate of drug-likeness (QED) is 0.530. The van der Waals surface area contributed by atoms with Gasteiger partial charge in [0.1, 0.15) is 0 Å². The van der Waals surface area contributed by atoms with Gasteiger partial charge >= 0.3 is 0 Å². The molecule has 166 valence electrons. The third-order valence-corrected chi connectivity index (χ3v) is 9.12. The lowest BCUT2D eigenvalue weighted by molar-refractivity contribution is -0.146. The fourth-order valence-electron chi connectivity index (χ4n) is 7.33. The highest BCUT2D eigenvalue weighted by Crippen LogP contribution is 2.62. The first-order valence-electron chi connectivity index (χ1n) is 12.4. The first-order valence-corrected chi connectivity index (χ1v) is 12.4. The molecule has 1 aromatic rings. The van der Waals surface area contributed by atoms with Gasteiger partial charge in [-0.05, 0) is 86.2 Å². The van der Waals surface area contributed by atoms with E-state index in [9.17, 15) is 4.79 Å². The van der Waals surface area contributed by atoms with Gasteiger partial charge in [-0.15, -0.1) is 0 Å². The summed E-state index contributed by atoms with van der Waals surface area (Å²) >= 11 is 0. The number of aryl methyl sites for hydroxylation is 1. The normalized spacial score (nSPS) is 35.1. The molecule has 3 aliphatic carbocycles. The molecule has 0 bridgehead atoms. The Balaban J connectivity index is 1.47. The van der Waals surface area contributed by atoms with Crippen LogP contribution in [0.1, 0.15) is 90.0 Å². The van der Waals surface area contributed by atoms with Gasteiger partial charge in [-0.2, -0.15) is 0 Å². The first-order chi connectivity index (χ1) is 14.4. The molecule has 1 N–H and O–H groups in total. The topological polar surface area (TPSA) is 42.2 Å². The number of carbonyl (C=O) groups is 1. The van der Waals surface area contributed by atoms with E-state index < -0.39 is 0 Å². The second-order valence-electron chi connectivity index (χ2n) is 11.0. The summed E-state index contributed by atoms with van der Waals surface area (Å²) in [5.74, 6) is 1.96. The van der Waals surface area contributed by atoms with Gasteiger partial charge in [0.2, 0.25) is 5.91 Å². The Labute approximate surface area is 183 Å². The van der Waals surface area contributed by atoms with Crippen LogP contribution in [0.15, 0.2) is 35.2 Å². The number of allylic oxidation sites excluding steroid dienone is 1. The van der Waals surface area contributed by atoms with Gasteiger partial charge in [0.05, 0.1) is 12.5 Å². The lowest BCUT2D eigenvalue weighted by atomic mass is 9.46. The van der Waals surface area contributed by atoms with Crippen molar-refractivity contribution in [3.63, 3.8) is 0 Å². The SMILES string of the molecule is C=C1CC[C@H]2[C@@](C)(CCC[C@]2(C)C(=O)NCC2CCCCC2)[C@@H]1CCc1ccoc1. The molecular formula is C27H41NO2. The fourth-order valence-corrected chi connectivity index (χ4v) is 7.33. The monoisotopic (exact) mass is 411 g/mol. The third-order valence-electron chi connectivity index (χ3n) is 9.12. The average Bonchev–Trinajstić information content (AvgIpc) is 3.25. The zero-order valence-corrected chi connectivity index (χ0v) is 19.2. The van der Waals surface area contributed by atoms with Crippen molar-refractivity contribution in [2.75, 3.05) is 6.54 Å². The number of amides is 1. The molecule has 1 amide bonds. The van der Waals surface area contributed by atoms with Crippen molar-refractivity contribution in [2.45, 2.75) is 90.9 Å². The van der Waals surface area contributed by atoms with Crippen molar-refractivity contribution >= 4 is 5.91 Å². The van der Waals surface area contributed by atoms with Gasteiger partial charge in [0, 0.05) is 12.0 Å². The third kappa shape index (κ3) is 4.14. The standard InChI is InChI=1S/C27H41NO2/c1-20-10-13-24-26(2,23(20)12-11-22-14-17-30-19-22)15-7-16-27(24,3)25(29)28-18-21-8-5-4-6-9-21/h14,17,19,21,23-24H,1,4-13,15-16,18H2,2-3H3,(H,28,29)/t23-,24+,26+,27+/m1/s1. The summed E-state index contributed by atoms with van der Waals surface area (Å²) in [7, 11) is 0. The Morgan fingerprint density at radius 1 is 1.17 bits per heavy atom. The van der Waals surface area contributed by atoms with Crippen molar-refractivity contribution in [3.8, 4) is 0 Å². The number of hydrogen-bond donors (Lipinski definition) is 1. The lowest BCUT2D eigenvalue weighted by Gasteiger charge is -2.58. The van der Waals surface area contributed by atoms with E-state index in [-0.39, 0.29) is 10.8 Å². The number of nitrogens with one attached hydrogen (secondary N) is 1. The molecule has 0 radical (unpaired) electrons. The molecule has 3 aliphatic rings. The molecular weight excluding hydrogens is 370 g/mol. The minimum atomic E-state index is -0.240. The lowest BCUT2D eigenvalue weighted by Crippen LogP contribution is -2.56. The van der Waals surface area contributed by atoms with Crippen LogP contribution in [-0.4, -0.2) is 12.5 Å². The van der Waals surface area contributed by atoms with Crippen LogP contribution in [-0.2, 0) is 11.2 Å². The van der Waals surface area contributed by atoms with E-state index in [1.807, 2.05) is 6.26 Å². The van der Waals surface area contributed by atoms with Gasteiger partial charge in [0.25, 0.3) is 0 Å².